The van der Waals surface area contributed by atoms with Crippen LogP contribution in [0.4, 0.5) is 71.0 Å². The van der Waals surface area contributed by atoms with Crippen LogP contribution in [0, 0.1) is 0 Å². The number of carbonyl (C=O) groups is 5. The van der Waals surface area contributed by atoms with E-state index in [0.717, 1.165) is 91.0 Å². The van der Waals surface area contributed by atoms with Crippen molar-refractivity contribution in [1.82, 2.24) is 109 Å². The van der Waals surface area contributed by atoms with E-state index in [-0.39, 0.29) is 102 Å². The van der Waals surface area contributed by atoms with Crippen LogP contribution in [0.5, 0.6) is 23.0 Å². The number of ether oxygens (including phenoxy) is 7. The molecule has 0 radical (unpaired) electrons. The highest BCUT2D eigenvalue weighted by Gasteiger charge is 2.36. The SMILES string of the molecule is CN(C1CCN(C(=O)Cn2cc(NC(=O)c3cnn4cccnc34)c(-c3cc(SC4CCOCC4)ccc3OC(F)F)n2)CC1)C1COC1.O=C(Nc1cn[nH]c1-c1cc(SC(F)(F)F)ccc1OC(F)F)c1cnn2cccnc12.O=C(Nc1cn[nH]c1-c1cc(SC2CCCC2)ccc1OC(F)F)c1cnn2cccnc12.O=C(Nc1cn[nH]c1-c1cc(SC2CCOC2)ccc1OC(F)F)c1cnn2cccnc12. The van der Waals surface area contributed by atoms with Gasteiger partial charge in [-0.05, 0) is 161 Å². The molecule has 1 unspecified atom stereocenters. The number of nitrogens with one attached hydrogen (secondary N) is 7. The van der Waals surface area contributed by atoms with Gasteiger partial charge in [-0.15, -0.1) is 35.3 Å². The lowest BCUT2D eigenvalue weighted by Crippen LogP contribution is -2.54. The van der Waals surface area contributed by atoms with Crippen LogP contribution < -0.4 is 40.2 Å². The van der Waals surface area contributed by atoms with Crippen molar-refractivity contribution in [3.63, 3.8) is 0 Å². The maximum Gasteiger partial charge on any atom is 0.446 e. The van der Waals surface area contributed by atoms with Crippen molar-refractivity contribution in [1.29, 1.82) is 0 Å². The van der Waals surface area contributed by atoms with E-state index in [1.807, 2.05) is 4.90 Å². The Balaban J connectivity index is 0.000000131. The Hall–Kier alpha value is -14.8. The van der Waals surface area contributed by atoms with E-state index >= 15 is 0 Å². The Bertz CT molecular complexity index is 7130. The fourth-order valence-electron chi connectivity index (χ4n) is 16.8. The van der Waals surface area contributed by atoms with Crippen LogP contribution in [-0.4, -0.2) is 258 Å². The second-order valence-electron chi connectivity index (χ2n) is 33.4. The first-order valence-electron chi connectivity index (χ1n) is 45.6. The predicted molar refractivity (Wildman–Crippen MR) is 517 cm³/mol. The van der Waals surface area contributed by atoms with Gasteiger partial charge in [-0.2, -0.15) is 89.1 Å². The first-order valence-corrected chi connectivity index (χ1v) is 49.1. The number of hydrogen-bond acceptors (Lipinski definition) is 29. The van der Waals surface area contributed by atoms with Crippen LogP contribution in [0.2, 0.25) is 0 Å². The normalized spacial score (nSPS) is 15.3. The van der Waals surface area contributed by atoms with E-state index < -0.39 is 73.1 Å². The van der Waals surface area contributed by atoms with E-state index in [4.69, 9.17) is 33.5 Å². The number of likely N-dealkylation sites (N-methyl/N-ethyl adjacent to an activating group) is 1. The van der Waals surface area contributed by atoms with Gasteiger partial charge in [0, 0.05) is 152 Å². The van der Waals surface area contributed by atoms with Crippen LogP contribution >= 0.6 is 47.0 Å². The first kappa shape index (κ1) is 102. The van der Waals surface area contributed by atoms with E-state index in [9.17, 15) is 72.3 Å². The molecule has 12 aromatic heterocycles. The number of alkyl halides is 11. The summed E-state index contributed by atoms with van der Waals surface area (Å²) in [6.45, 7) is -7.03. The molecule has 5 fully saturated rings. The zero-order valence-corrected chi connectivity index (χ0v) is 80.4. The minimum absolute atomic E-state index is 0.00169. The molecule has 16 aromatic rings. The molecule has 5 amide bonds. The number of anilines is 4. The fourth-order valence-corrected chi connectivity index (χ4v) is 20.9. The van der Waals surface area contributed by atoms with Crippen molar-refractivity contribution in [2.24, 2.45) is 0 Å². The second-order valence-corrected chi connectivity index (χ2v) is 38.6. The minimum atomic E-state index is -4.59. The number of piperidine rings is 1. The van der Waals surface area contributed by atoms with Gasteiger partial charge in [0.1, 0.15) is 57.5 Å². The van der Waals surface area contributed by atoms with Gasteiger partial charge in [-0.1, -0.05) is 12.8 Å². The van der Waals surface area contributed by atoms with Gasteiger partial charge in [-0.25, -0.2) is 38.0 Å². The molecule has 4 aromatic carbocycles. The molecular weight excluding hydrogens is 2020 g/mol. The third kappa shape index (κ3) is 25.3. The summed E-state index contributed by atoms with van der Waals surface area (Å²) < 4.78 is 186. The molecule has 0 spiro atoms. The highest BCUT2D eigenvalue weighted by Crippen LogP contribution is 2.47. The number of thioether (sulfide) groups is 4. The fraction of sp³-hybridized carbons (Fsp3) is 0.309. The molecule has 5 aliphatic rings. The molecule has 1 saturated carbocycles. The number of amides is 5. The summed E-state index contributed by atoms with van der Waals surface area (Å²) in [6, 6.07) is 25.5. The molecule has 53 heteroatoms. The minimum Gasteiger partial charge on any atom is -0.434 e. The number of rotatable bonds is 31. The molecule has 4 saturated heterocycles. The molecule has 0 bridgehead atoms. The van der Waals surface area contributed by atoms with Crippen LogP contribution in [0.25, 0.3) is 67.6 Å². The van der Waals surface area contributed by atoms with Gasteiger partial charge in [0.05, 0.1) is 109 Å². The quantitative estimate of drug-likeness (QED) is 0.0157. The van der Waals surface area contributed by atoms with Crippen LogP contribution in [0.15, 0.2) is 216 Å². The second kappa shape index (κ2) is 46.7. The Morgan fingerprint density at radius 2 is 0.796 bits per heavy atom. The lowest BCUT2D eigenvalue weighted by molar-refractivity contribution is -0.134. The summed E-state index contributed by atoms with van der Waals surface area (Å²) in [6.07, 6.45) is 32.8. The number of aromatic nitrogens is 20. The Kier molecular flexibility index (Phi) is 32.5. The third-order valence-corrected chi connectivity index (χ3v) is 28.5. The molecule has 21 rings (SSSR count). The summed E-state index contributed by atoms with van der Waals surface area (Å²) in [4.78, 5) is 89.0. The Morgan fingerprint density at radius 1 is 0.435 bits per heavy atom. The number of likely N-dealkylation sites (tertiary alicyclic amines) is 1. The number of H-pyrrole nitrogens is 3. The van der Waals surface area contributed by atoms with Gasteiger partial charge < -0.3 is 59.3 Å². The van der Waals surface area contributed by atoms with Gasteiger partial charge in [0.2, 0.25) is 5.91 Å². The molecule has 16 heterocycles. The number of nitrogens with zero attached hydrogens (tertiary/aromatic N) is 19. The third-order valence-electron chi connectivity index (χ3n) is 23.9. The monoisotopic (exact) mass is 2110 g/mol. The number of benzene rings is 4. The van der Waals surface area contributed by atoms with E-state index in [0.29, 0.717) is 113 Å². The highest BCUT2D eigenvalue weighted by molar-refractivity contribution is 8.00. The molecule has 1 atom stereocenters. The Morgan fingerprint density at radius 3 is 1.18 bits per heavy atom. The number of hydrogen-bond donors (Lipinski definition) is 7. The summed E-state index contributed by atoms with van der Waals surface area (Å²) in [5.41, 5.74) is 0.301. The standard InChI is InChI=1S/C33H38F2N8O5S.C22H20F2N6O2S.C21H18F2N6O3S.C18H11F5N6O2S/c1-40(22-19-47-20-22)21-5-11-41(12-6-21)29(44)18-42-17-27(38-32(45)26-16-37-43-10-2-9-36-31(26)43)30(39-42)25-15-24(3-4-28(25)48-33(34)35)49-23-7-13-46-14-8-23;23-22(24)32-18-7-6-14(33-13-4-1-2-5-13)10-15(18)19-17(12-26-29-19)28-21(31)16-11-27-30-9-3-8-25-20(16)30;22-21(23)32-17-3-2-12(33-13-4-7-31-11-13)8-14(17)18-16(10-25-28-18)27-20(30)15-9-26-29-6-1-5-24-19(15)29;19-17(20)31-13-3-2-9(32-18(21,22)23)6-10(13)14-12(8-25-28-14)27-16(30)11-7-26-29-5-1-4-24-15(11)29/h2-4,9-10,15-17,21-23,33H,5-8,11-14,18-20H2,1H3,(H,38,45);3,6-13,22H,1-2,4-5H2,(H,26,29)(H,28,31);1-3,5-6,8-10,13,21H,4,7,11H2,(H,25,28)(H,27,30);1-8,17H,(H,25,28)(H,27,30). The van der Waals surface area contributed by atoms with Crippen LogP contribution in [0.1, 0.15) is 99.2 Å². The van der Waals surface area contributed by atoms with E-state index in [1.54, 1.807) is 146 Å². The molecule has 1 aliphatic carbocycles. The number of halogens is 11. The van der Waals surface area contributed by atoms with E-state index in [1.165, 1.54) is 103 Å². The van der Waals surface area contributed by atoms with Crippen molar-refractivity contribution in [2.45, 2.75) is 144 Å². The number of fused-ring (bicyclic) bond motifs is 4. The lowest BCUT2D eigenvalue weighted by atomic mass is 10.0. The first-order chi connectivity index (χ1) is 71.2. The average Bonchev–Trinajstić information content (AvgIpc) is 1.63. The zero-order chi connectivity index (χ0) is 102. The largest absolute Gasteiger partial charge is 0.446 e. The topological polar surface area (TPSA) is 429 Å². The molecule has 147 heavy (non-hydrogen) atoms. The van der Waals surface area contributed by atoms with Crippen molar-refractivity contribution >= 4 is 122 Å². The van der Waals surface area contributed by atoms with Crippen molar-refractivity contribution in [2.75, 3.05) is 81.0 Å². The summed E-state index contributed by atoms with van der Waals surface area (Å²) in [7, 11) is 2.11. The van der Waals surface area contributed by atoms with Crippen molar-refractivity contribution in [3.05, 3.63) is 218 Å². The average molecular weight is 2110 g/mol. The number of carbonyl (C=O) groups excluding carboxylic acids is 5. The van der Waals surface area contributed by atoms with Crippen LogP contribution in [0.3, 0.4) is 0 Å². The van der Waals surface area contributed by atoms with Crippen molar-refractivity contribution in [3.8, 4) is 68.0 Å². The molecule has 7 N–H and O–H groups in total. The van der Waals surface area contributed by atoms with Gasteiger partial charge in [0.25, 0.3) is 23.6 Å². The predicted octanol–water partition coefficient (Wildman–Crippen LogP) is 17.5. The number of aromatic amines is 3. The molecular formula is C94H87F11N26O12S4. The van der Waals surface area contributed by atoms with Crippen LogP contribution in [-0.2, 0) is 25.5 Å². The van der Waals surface area contributed by atoms with Gasteiger partial charge in [-0.3, -0.25) is 48.9 Å². The van der Waals surface area contributed by atoms with E-state index in [2.05, 4.69) is 109 Å². The summed E-state index contributed by atoms with van der Waals surface area (Å²) in [5.74, 6) is -2.72. The smallest absolute Gasteiger partial charge is 0.434 e. The van der Waals surface area contributed by atoms with Crippen molar-refractivity contribution < 1.29 is 105 Å². The zero-order valence-electron chi connectivity index (χ0n) is 77.1. The van der Waals surface area contributed by atoms with Gasteiger partial charge >= 0.3 is 32.0 Å². The maximum absolute atomic E-state index is 13.7. The molecule has 766 valence electrons. The summed E-state index contributed by atoms with van der Waals surface area (Å²) in [5, 5.41) is 53.0. The highest BCUT2D eigenvalue weighted by atomic mass is 32.2. The maximum atomic E-state index is 13.7. The molecule has 38 nitrogen and oxygen atoms in total. The Labute approximate surface area is 842 Å². The van der Waals surface area contributed by atoms with Gasteiger partial charge in [0.15, 0.2) is 22.6 Å². The molecule has 4 aliphatic heterocycles. The lowest BCUT2D eigenvalue weighted by Gasteiger charge is -2.43. The summed E-state index contributed by atoms with van der Waals surface area (Å²) >= 11 is 4.53.